The summed E-state index contributed by atoms with van der Waals surface area (Å²) in [6, 6.07) is 19.7. The summed E-state index contributed by atoms with van der Waals surface area (Å²) in [7, 11) is 0. The maximum atomic E-state index is 13.2. The summed E-state index contributed by atoms with van der Waals surface area (Å²) >= 11 is 4.35. The van der Waals surface area contributed by atoms with Gasteiger partial charge in [0, 0.05) is 0 Å². The molecular formula is C37H42I3O4-. The van der Waals surface area contributed by atoms with Gasteiger partial charge in [-0.25, -0.2) is 0 Å². The molecule has 0 aliphatic heterocycles. The second-order valence-corrected chi connectivity index (χ2v) is 19.5. The van der Waals surface area contributed by atoms with Crippen LogP contribution in [0.2, 0.25) is 0 Å². The van der Waals surface area contributed by atoms with E-state index in [4.69, 9.17) is 14.2 Å². The van der Waals surface area contributed by atoms with Crippen LogP contribution in [0.5, 0.6) is 11.5 Å². The molecule has 7 heteroatoms. The van der Waals surface area contributed by atoms with Crippen molar-refractivity contribution in [3.8, 4) is 11.5 Å². The first kappa shape index (κ1) is 32.8. The maximum absolute atomic E-state index is 13.2. The molecule has 4 bridgehead atoms. The van der Waals surface area contributed by atoms with Crippen LogP contribution in [0.25, 0.3) is 0 Å². The van der Waals surface area contributed by atoms with Gasteiger partial charge in [0.25, 0.3) is 0 Å². The van der Waals surface area contributed by atoms with E-state index in [9.17, 15) is 4.79 Å². The summed E-state index contributed by atoms with van der Waals surface area (Å²) in [5.74, 6) is 3.95. The second-order valence-electron chi connectivity index (χ2n) is 14.2. The normalized spacial score (nSPS) is 25.7. The Morgan fingerprint density at radius 2 is 1.57 bits per heavy atom. The molecule has 44 heavy (non-hydrogen) atoms. The average molecular weight is 931 g/mol. The third-order valence-electron chi connectivity index (χ3n) is 9.96. The van der Waals surface area contributed by atoms with Gasteiger partial charge in [-0.15, -0.1) is 0 Å². The van der Waals surface area contributed by atoms with E-state index >= 15 is 0 Å². The van der Waals surface area contributed by atoms with Gasteiger partial charge < -0.3 is 0 Å². The average Bonchev–Trinajstić information content (AvgIpc) is 2.95. The van der Waals surface area contributed by atoms with Gasteiger partial charge in [0.15, 0.2) is 0 Å². The minimum absolute atomic E-state index is 0.0836. The summed E-state index contributed by atoms with van der Waals surface area (Å²) < 4.78 is 23.6. The number of carbonyl (C=O) groups is 1. The van der Waals surface area contributed by atoms with Crippen molar-refractivity contribution in [2.75, 3.05) is 6.61 Å². The van der Waals surface area contributed by atoms with Crippen LogP contribution in [0.15, 0.2) is 54.6 Å². The number of rotatable bonds is 9. The molecule has 0 aromatic heterocycles. The standard InChI is InChI=1S/C37H42I3O4/c1-22-12-31(10-11-33(22)40-30-8-6-26(7-9-30)36(2,3)4)42-20-25-18-29(38)19-32(39)35(25)43-21-34(41)44-37(5)27-14-23-13-24(16-27)17-28(37)15-23/h6-12,18-19,23-24,27-28H,13-17,20-21H2,1-5H3/q-1. The molecule has 0 spiro atoms. The molecule has 3 aromatic rings. The first-order valence-electron chi connectivity index (χ1n) is 15.7. The van der Waals surface area contributed by atoms with E-state index in [0.29, 0.717) is 24.2 Å². The van der Waals surface area contributed by atoms with E-state index in [1.165, 1.54) is 50.4 Å². The van der Waals surface area contributed by atoms with Crippen LogP contribution in [0, 0.1) is 44.9 Å². The molecule has 0 radical (unpaired) electrons. The van der Waals surface area contributed by atoms with E-state index in [1.807, 2.05) is 0 Å². The summed E-state index contributed by atoms with van der Waals surface area (Å²) in [5, 5.41) is 0. The van der Waals surface area contributed by atoms with E-state index in [2.05, 4.69) is 134 Å². The van der Waals surface area contributed by atoms with Crippen molar-refractivity contribution in [1.29, 1.82) is 0 Å². The van der Waals surface area contributed by atoms with Gasteiger partial charge in [0.1, 0.15) is 5.60 Å². The quantitative estimate of drug-likeness (QED) is 0.186. The predicted molar refractivity (Wildman–Crippen MR) is 187 cm³/mol. The first-order chi connectivity index (χ1) is 20.9. The van der Waals surface area contributed by atoms with Gasteiger partial charge in [0.2, 0.25) is 0 Å². The van der Waals surface area contributed by atoms with E-state index in [1.54, 1.807) is 0 Å². The molecule has 4 aliphatic rings. The number of ether oxygens (including phenoxy) is 3. The summed E-state index contributed by atoms with van der Waals surface area (Å²) in [4.78, 5) is 13.2. The zero-order valence-corrected chi connectivity index (χ0v) is 32.7. The number of esters is 1. The van der Waals surface area contributed by atoms with E-state index in [0.717, 1.165) is 30.3 Å². The SMILES string of the molecule is Cc1cc(OCc2cc(I)cc(I)c2OCC(=O)OC2(C)C3CC4CC(C3)CC2C4)ccc1[I-]c1ccc(C(C)(C)C)cc1. The Bertz CT molecular complexity index is 1500. The molecule has 4 aliphatic carbocycles. The number of benzene rings is 3. The first-order valence-corrected chi connectivity index (χ1v) is 20.0. The van der Waals surface area contributed by atoms with Crippen molar-refractivity contribution in [3.63, 3.8) is 0 Å². The second kappa shape index (κ2) is 13.2. The fourth-order valence-electron chi connectivity index (χ4n) is 7.68. The van der Waals surface area contributed by atoms with Crippen LogP contribution in [0.3, 0.4) is 0 Å². The number of aryl methyl sites for hydroxylation is 1. The third-order valence-corrected chi connectivity index (χ3v) is 14.5. The molecular weight excluding hydrogens is 889 g/mol. The molecule has 236 valence electrons. The molecule has 0 unspecified atom stereocenters. The van der Waals surface area contributed by atoms with Crippen molar-refractivity contribution in [1.82, 2.24) is 0 Å². The molecule has 0 atom stereocenters. The Morgan fingerprint density at radius 3 is 2.18 bits per heavy atom. The van der Waals surface area contributed by atoms with Crippen molar-refractivity contribution in [2.45, 2.75) is 84.3 Å². The summed E-state index contributed by atoms with van der Waals surface area (Å²) in [6.45, 7) is 11.4. The number of halogens is 3. The van der Waals surface area contributed by atoms with E-state index < -0.39 is 0 Å². The van der Waals surface area contributed by atoms with Gasteiger partial charge in [-0.3, -0.25) is 0 Å². The molecule has 4 nitrogen and oxygen atoms in total. The predicted octanol–water partition coefficient (Wildman–Crippen LogP) is 6.35. The minimum atomic E-state index is -0.346. The van der Waals surface area contributed by atoms with Crippen LogP contribution in [0.4, 0.5) is 0 Å². The van der Waals surface area contributed by atoms with Crippen LogP contribution >= 0.6 is 45.2 Å². The molecule has 3 aromatic carbocycles. The van der Waals surface area contributed by atoms with E-state index in [-0.39, 0.29) is 44.8 Å². The fraction of sp³-hybridized carbons (Fsp3) is 0.486. The molecule has 4 fully saturated rings. The van der Waals surface area contributed by atoms with Crippen molar-refractivity contribution < 1.29 is 40.2 Å². The molecule has 7 rings (SSSR count). The molecule has 0 N–H and O–H groups in total. The Kier molecular flexibility index (Phi) is 9.85. The number of hydrogen-bond acceptors (Lipinski definition) is 4. The van der Waals surface area contributed by atoms with Gasteiger partial charge in [0.05, 0.1) is 0 Å². The zero-order valence-electron chi connectivity index (χ0n) is 26.2. The molecule has 0 heterocycles. The van der Waals surface area contributed by atoms with Gasteiger partial charge in [-0.1, -0.05) is 0 Å². The molecule has 0 saturated heterocycles. The Hall–Kier alpha value is -1.08. The van der Waals surface area contributed by atoms with Crippen molar-refractivity contribution in [2.24, 2.45) is 23.7 Å². The van der Waals surface area contributed by atoms with Crippen molar-refractivity contribution in [3.05, 3.63) is 85.6 Å². The van der Waals surface area contributed by atoms with Gasteiger partial charge in [-0.2, -0.15) is 0 Å². The van der Waals surface area contributed by atoms with Crippen LogP contribution in [0.1, 0.15) is 76.5 Å². The monoisotopic (exact) mass is 931 g/mol. The van der Waals surface area contributed by atoms with Gasteiger partial charge in [-0.05, 0) is 62.7 Å². The molecule has 4 saturated carbocycles. The topological polar surface area (TPSA) is 44.8 Å². The number of carbonyl (C=O) groups excluding carboxylic acids is 1. The Labute approximate surface area is 300 Å². The van der Waals surface area contributed by atoms with Gasteiger partial charge >= 0.3 is 235 Å². The third kappa shape index (κ3) is 7.24. The van der Waals surface area contributed by atoms with Crippen LogP contribution in [-0.2, 0) is 21.6 Å². The van der Waals surface area contributed by atoms with Crippen molar-refractivity contribution >= 4 is 51.2 Å². The van der Waals surface area contributed by atoms with Crippen LogP contribution < -0.4 is 30.7 Å². The Morgan fingerprint density at radius 1 is 0.909 bits per heavy atom. The zero-order chi connectivity index (χ0) is 31.2. The fourth-order valence-corrected chi connectivity index (χ4v) is 12.1. The number of hydrogen-bond donors (Lipinski definition) is 0. The Balaban J connectivity index is 1.08. The van der Waals surface area contributed by atoms with Crippen LogP contribution in [-0.4, -0.2) is 18.2 Å². The molecule has 0 amide bonds. The summed E-state index contributed by atoms with van der Waals surface area (Å²) in [6.07, 6.45) is 6.22. The summed E-state index contributed by atoms with van der Waals surface area (Å²) in [5.41, 5.74) is 3.38.